The van der Waals surface area contributed by atoms with E-state index in [0.717, 1.165) is 42.7 Å². The van der Waals surface area contributed by atoms with Crippen LogP contribution in [0.4, 0.5) is 5.69 Å². The molecule has 160 valence electrons. The number of pyridine rings is 1. The highest BCUT2D eigenvalue weighted by atomic mass is 15.4. The summed E-state index contributed by atoms with van der Waals surface area (Å²) in [5.74, 6) is 0. The minimum absolute atomic E-state index is 0.706. The number of piperazine rings is 1. The smallest absolute Gasteiger partial charge is 0.0694 e. The van der Waals surface area contributed by atoms with Gasteiger partial charge in [0.05, 0.1) is 5.71 Å². The molecule has 2 saturated heterocycles. The maximum absolute atomic E-state index is 4.82. The third-order valence-corrected chi connectivity index (χ3v) is 7.76. The second kappa shape index (κ2) is 8.23. The Hall–Kier alpha value is -2.46. The molecule has 1 aromatic carbocycles. The van der Waals surface area contributed by atoms with E-state index in [-0.39, 0.29) is 0 Å². The molecule has 1 saturated carbocycles. The van der Waals surface area contributed by atoms with Crippen LogP contribution >= 0.6 is 0 Å². The van der Waals surface area contributed by atoms with Gasteiger partial charge in [0, 0.05) is 61.4 Å². The summed E-state index contributed by atoms with van der Waals surface area (Å²) in [5.41, 5.74) is 6.25. The Labute approximate surface area is 185 Å². The van der Waals surface area contributed by atoms with Gasteiger partial charge >= 0.3 is 0 Å². The van der Waals surface area contributed by atoms with E-state index >= 15 is 0 Å². The van der Waals surface area contributed by atoms with Crippen LogP contribution in [0.5, 0.6) is 0 Å². The predicted molar refractivity (Wildman–Crippen MR) is 128 cm³/mol. The van der Waals surface area contributed by atoms with Gasteiger partial charge in [-0.1, -0.05) is 25.0 Å². The van der Waals surface area contributed by atoms with E-state index in [1.165, 1.54) is 62.0 Å². The van der Waals surface area contributed by atoms with E-state index < -0.39 is 0 Å². The minimum Gasteiger partial charge on any atom is -0.366 e. The summed E-state index contributed by atoms with van der Waals surface area (Å²) >= 11 is 0. The zero-order valence-corrected chi connectivity index (χ0v) is 18.3. The lowest BCUT2D eigenvalue weighted by Crippen LogP contribution is -2.49. The molecule has 2 aromatic rings. The quantitative estimate of drug-likeness (QED) is 0.712. The number of aromatic nitrogens is 1. The topological polar surface area (TPSA) is 31.7 Å². The van der Waals surface area contributed by atoms with Gasteiger partial charge in [0.25, 0.3) is 0 Å². The minimum atomic E-state index is 0.706. The molecule has 6 rings (SSSR count). The third kappa shape index (κ3) is 3.71. The van der Waals surface area contributed by atoms with E-state index in [1.54, 1.807) is 0 Å². The highest BCUT2D eigenvalue weighted by molar-refractivity contribution is 6.15. The van der Waals surface area contributed by atoms with E-state index in [1.807, 2.05) is 18.5 Å². The summed E-state index contributed by atoms with van der Waals surface area (Å²) in [4.78, 5) is 14.6. The number of likely N-dealkylation sites (tertiary alicyclic amines) is 1. The lowest BCUT2D eigenvalue weighted by Gasteiger charge is -2.38. The molecule has 2 bridgehead atoms. The van der Waals surface area contributed by atoms with Gasteiger partial charge in [-0.15, -0.1) is 0 Å². The zero-order chi connectivity index (χ0) is 20.6. The fourth-order valence-corrected chi connectivity index (χ4v) is 6.26. The van der Waals surface area contributed by atoms with E-state index in [2.05, 4.69) is 51.2 Å². The van der Waals surface area contributed by atoms with Crippen molar-refractivity contribution in [2.45, 2.75) is 63.1 Å². The van der Waals surface area contributed by atoms with Crippen molar-refractivity contribution in [1.29, 1.82) is 0 Å². The van der Waals surface area contributed by atoms with Crippen LogP contribution in [0.15, 0.2) is 59.4 Å². The van der Waals surface area contributed by atoms with Crippen molar-refractivity contribution in [2.24, 2.45) is 4.99 Å². The molecule has 31 heavy (non-hydrogen) atoms. The number of hydrogen-bond acceptors (Lipinski definition) is 4. The first kappa shape index (κ1) is 19.2. The van der Waals surface area contributed by atoms with Gasteiger partial charge in [0.1, 0.15) is 0 Å². The van der Waals surface area contributed by atoms with Crippen molar-refractivity contribution >= 4 is 17.5 Å². The van der Waals surface area contributed by atoms with Crippen LogP contribution in [0, 0.1) is 0 Å². The predicted octanol–water partition coefficient (Wildman–Crippen LogP) is 4.95. The number of rotatable bonds is 4. The van der Waals surface area contributed by atoms with Crippen molar-refractivity contribution < 1.29 is 0 Å². The fourth-order valence-electron chi connectivity index (χ4n) is 6.26. The van der Waals surface area contributed by atoms with E-state index in [9.17, 15) is 0 Å². The van der Waals surface area contributed by atoms with Gasteiger partial charge in [-0.2, -0.15) is 0 Å². The van der Waals surface area contributed by atoms with E-state index in [0.29, 0.717) is 6.04 Å². The Balaban J connectivity index is 1.17. The van der Waals surface area contributed by atoms with Crippen LogP contribution < -0.4 is 4.90 Å². The first-order valence-electron chi connectivity index (χ1n) is 12.1. The molecule has 0 radical (unpaired) electrons. The van der Waals surface area contributed by atoms with Crippen molar-refractivity contribution in [3.05, 3.63) is 65.5 Å². The summed E-state index contributed by atoms with van der Waals surface area (Å²) in [5, 5.41) is 0. The molecule has 3 fully saturated rings. The molecule has 0 unspecified atom stereocenters. The van der Waals surface area contributed by atoms with Gasteiger partial charge in [-0.25, -0.2) is 0 Å². The number of benzene rings is 1. The first-order chi connectivity index (χ1) is 15.3. The highest BCUT2D eigenvalue weighted by Gasteiger charge is 2.45. The summed E-state index contributed by atoms with van der Waals surface area (Å²) in [6.07, 6.45) is 15.4. The second-order valence-corrected chi connectivity index (χ2v) is 9.67. The van der Waals surface area contributed by atoms with Gasteiger partial charge < -0.3 is 4.90 Å². The molecule has 0 spiro atoms. The zero-order valence-electron chi connectivity index (χ0n) is 18.3. The molecule has 0 N–H and O–H groups in total. The lowest BCUT2D eigenvalue weighted by molar-refractivity contribution is 0.170. The number of anilines is 1. The normalized spacial score (nSPS) is 27.9. The Bertz CT molecular complexity index is 972. The Morgan fingerprint density at radius 2 is 1.77 bits per heavy atom. The molecule has 3 aliphatic heterocycles. The molecule has 1 aliphatic carbocycles. The van der Waals surface area contributed by atoms with Crippen LogP contribution in [0.1, 0.15) is 56.1 Å². The largest absolute Gasteiger partial charge is 0.366 e. The average molecular weight is 413 g/mol. The summed E-state index contributed by atoms with van der Waals surface area (Å²) in [6, 6.07) is 15.7. The molecule has 1 aromatic heterocycles. The van der Waals surface area contributed by atoms with Crippen LogP contribution in [-0.4, -0.2) is 53.4 Å². The highest BCUT2D eigenvalue weighted by Crippen LogP contribution is 2.39. The van der Waals surface area contributed by atoms with E-state index in [4.69, 9.17) is 4.99 Å². The van der Waals surface area contributed by atoms with Crippen molar-refractivity contribution in [3.63, 3.8) is 0 Å². The number of hydrogen-bond donors (Lipinski definition) is 0. The molecule has 4 nitrogen and oxygen atoms in total. The first-order valence-corrected chi connectivity index (χ1v) is 12.1. The Kier molecular flexibility index (Phi) is 5.11. The Morgan fingerprint density at radius 3 is 2.52 bits per heavy atom. The van der Waals surface area contributed by atoms with Crippen LogP contribution in [0.3, 0.4) is 0 Å². The number of aliphatic imine (C=N–C) groups is 1. The summed E-state index contributed by atoms with van der Waals surface area (Å²) in [7, 11) is 0. The number of fused-ring (bicyclic) bond motifs is 2. The molecule has 2 atom stereocenters. The standard InChI is InChI=1S/C27H32N4/c1-2-8-23(7-1)30-18-26-16-25(30)19-31(26)24-11-9-20(10-12-24)15-21-5-4-14-29-27(21)22-6-3-13-28-17-22/h3,6,9-13,15,17,23,25-26H,1-2,4-5,7-8,14,16,18-19H2/b21-15+/t25-,26-/m1/s1. The van der Waals surface area contributed by atoms with Crippen molar-refractivity contribution in [2.75, 3.05) is 24.5 Å². The maximum Gasteiger partial charge on any atom is 0.0694 e. The number of allylic oxidation sites excluding steroid dienone is 1. The monoisotopic (exact) mass is 412 g/mol. The Morgan fingerprint density at radius 1 is 0.903 bits per heavy atom. The average Bonchev–Trinajstić information content (AvgIpc) is 3.58. The molecule has 4 heterocycles. The maximum atomic E-state index is 4.82. The third-order valence-electron chi connectivity index (χ3n) is 7.76. The van der Waals surface area contributed by atoms with Crippen molar-refractivity contribution in [3.8, 4) is 0 Å². The SMILES string of the molecule is C(=C1/CCCN=C1c1cccnc1)/c1ccc(N2C[C@H]3C[C@@H]2CN3C2CCCC2)cc1. The van der Waals surface area contributed by atoms with Crippen LogP contribution in [0.25, 0.3) is 6.08 Å². The van der Waals surface area contributed by atoms with Crippen molar-refractivity contribution in [1.82, 2.24) is 9.88 Å². The van der Waals surface area contributed by atoms with Gasteiger partial charge in [0.15, 0.2) is 0 Å². The summed E-state index contributed by atoms with van der Waals surface area (Å²) < 4.78 is 0. The van der Waals surface area contributed by atoms with Crippen LogP contribution in [-0.2, 0) is 0 Å². The molecular weight excluding hydrogens is 380 g/mol. The van der Waals surface area contributed by atoms with Gasteiger partial charge in [-0.05, 0) is 73.6 Å². The molecule has 4 aliphatic rings. The molecular formula is C27H32N4. The fraction of sp³-hybridized carbons (Fsp3) is 0.481. The van der Waals surface area contributed by atoms with Gasteiger partial charge in [-0.3, -0.25) is 14.9 Å². The van der Waals surface area contributed by atoms with Gasteiger partial charge in [0.2, 0.25) is 0 Å². The number of nitrogens with zero attached hydrogens (tertiary/aromatic N) is 4. The molecule has 0 amide bonds. The lowest BCUT2D eigenvalue weighted by atomic mass is 9.95. The molecule has 4 heteroatoms. The second-order valence-electron chi connectivity index (χ2n) is 9.67. The van der Waals surface area contributed by atoms with Crippen LogP contribution in [0.2, 0.25) is 0 Å². The summed E-state index contributed by atoms with van der Waals surface area (Å²) in [6.45, 7) is 3.39.